The first-order chi connectivity index (χ1) is 13.5. The highest BCUT2D eigenvalue weighted by Crippen LogP contribution is 2.38. The van der Waals surface area contributed by atoms with Crippen molar-refractivity contribution >= 4 is 27.2 Å². The summed E-state index contributed by atoms with van der Waals surface area (Å²) in [7, 11) is -3.84. The monoisotopic (exact) mass is 396 g/mol. The molecule has 0 aromatic heterocycles. The average molecular weight is 396 g/mol. The molecule has 1 aliphatic carbocycles. The van der Waals surface area contributed by atoms with Gasteiger partial charge in [0.05, 0.1) is 11.4 Å². The highest BCUT2D eigenvalue weighted by molar-refractivity contribution is 7.90. The normalized spacial score (nSPS) is 22.9. The third-order valence-corrected chi connectivity index (χ3v) is 6.72. The summed E-state index contributed by atoms with van der Waals surface area (Å²) in [6.45, 7) is 0. The minimum atomic E-state index is -3.84. The molecule has 8 heteroatoms. The molecule has 0 bridgehead atoms. The molecule has 2 aromatic rings. The van der Waals surface area contributed by atoms with Crippen molar-refractivity contribution in [3.63, 3.8) is 0 Å². The number of fused-ring (bicyclic) bond motifs is 2. The summed E-state index contributed by atoms with van der Waals surface area (Å²) < 4.78 is 29.2. The van der Waals surface area contributed by atoms with Gasteiger partial charge in [-0.05, 0) is 31.0 Å². The Morgan fingerprint density at radius 2 is 1.86 bits per heavy atom. The van der Waals surface area contributed by atoms with Crippen LogP contribution in [-0.4, -0.2) is 25.4 Å². The number of para-hydroxylation sites is 2. The number of hydrogen-bond acceptors (Lipinski definition) is 6. The molecular formula is C20H20N4O3S. The predicted octanol–water partition coefficient (Wildman–Crippen LogP) is 2.69. The van der Waals surface area contributed by atoms with Gasteiger partial charge in [0.15, 0.2) is 5.84 Å². The number of aliphatic hydroxyl groups excluding tert-OH is 1. The Morgan fingerprint density at radius 3 is 2.64 bits per heavy atom. The van der Waals surface area contributed by atoms with Crippen LogP contribution in [0.2, 0.25) is 0 Å². The minimum absolute atomic E-state index is 0.134. The summed E-state index contributed by atoms with van der Waals surface area (Å²) in [5.41, 5.74) is 5.87. The third kappa shape index (κ3) is 2.81. The van der Waals surface area contributed by atoms with Gasteiger partial charge in [-0.1, -0.05) is 36.8 Å². The zero-order chi connectivity index (χ0) is 19.3. The second kappa shape index (κ2) is 6.44. The first-order valence-electron chi connectivity index (χ1n) is 9.28. The second-order valence-corrected chi connectivity index (χ2v) is 8.78. The average Bonchev–Trinajstić information content (AvgIpc) is 2.66. The van der Waals surface area contributed by atoms with Crippen molar-refractivity contribution in [3.8, 4) is 0 Å². The van der Waals surface area contributed by atoms with Crippen molar-refractivity contribution < 1.29 is 13.5 Å². The van der Waals surface area contributed by atoms with E-state index in [9.17, 15) is 13.5 Å². The molecule has 1 fully saturated rings. The smallest absolute Gasteiger partial charge is 0.286 e. The molecule has 0 spiro atoms. The predicted molar refractivity (Wildman–Crippen MR) is 107 cm³/mol. The van der Waals surface area contributed by atoms with Crippen LogP contribution in [-0.2, 0) is 10.0 Å². The Bertz CT molecular complexity index is 1110. The second-order valence-electron chi connectivity index (χ2n) is 7.21. The lowest BCUT2D eigenvalue weighted by Crippen LogP contribution is -2.47. The van der Waals surface area contributed by atoms with Gasteiger partial charge in [-0.2, -0.15) is 8.42 Å². The molecule has 3 N–H and O–H groups in total. The van der Waals surface area contributed by atoms with Gasteiger partial charge in [0, 0.05) is 23.4 Å². The summed E-state index contributed by atoms with van der Waals surface area (Å²) in [5.74, 6) is 0.140. The van der Waals surface area contributed by atoms with Gasteiger partial charge in [-0.15, -0.1) is 4.40 Å². The number of hydrogen-bond donors (Lipinski definition) is 3. The van der Waals surface area contributed by atoms with Crippen LogP contribution in [0.1, 0.15) is 30.9 Å². The maximum absolute atomic E-state index is 12.6. The van der Waals surface area contributed by atoms with E-state index in [0.717, 1.165) is 18.5 Å². The van der Waals surface area contributed by atoms with E-state index in [1.165, 1.54) is 12.5 Å². The van der Waals surface area contributed by atoms with Crippen LogP contribution in [0.15, 0.2) is 69.6 Å². The molecule has 1 unspecified atom stereocenters. The van der Waals surface area contributed by atoms with Crippen LogP contribution in [0.3, 0.4) is 0 Å². The maximum atomic E-state index is 12.6. The molecule has 1 saturated carbocycles. The van der Waals surface area contributed by atoms with Gasteiger partial charge < -0.3 is 10.4 Å². The third-order valence-electron chi connectivity index (χ3n) is 5.38. The number of aliphatic hydroxyl groups is 1. The van der Waals surface area contributed by atoms with E-state index in [0.29, 0.717) is 22.9 Å². The van der Waals surface area contributed by atoms with E-state index in [-0.39, 0.29) is 10.7 Å². The molecule has 0 saturated heterocycles. The van der Waals surface area contributed by atoms with Crippen LogP contribution in [0.25, 0.3) is 0 Å². The molecule has 144 valence electrons. The van der Waals surface area contributed by atoms with Crippen molar-refractivity contribution in [2.75, 3.05) is 10.3 Å². The van der Waals surface area contributed by atoms with Crippen molar-refractivity contribution in [1.82, 2.24) is 5.43 Å². The molecule has 3 aliphatic rings. The van der Waals surface area contributed by atoms with E-state index in [4.69, 9.17) is 0 Å². The van der Waals surface area contributed by atoms with Crippen molar-refractivity contribution in [2.24, 2.45) is 4.40 Å². The van der Waals surface area contributed by atoms with Crippen LogP contribution >= 0.6 is 0 Å². The van der Waals surface area contributed by atoms with E-state index in [1.807, 2.05) is 29.3 Å². The summed E-state index contributed by atoms with van der Waals surface area (Å²) in [6, 6.07) is 14.5. The fourth-order valence-electron chi connectivity index (χ4n) is 3.66. The number of sulfonamides is 1. The molecule has 7 nitrogen and oxygen atoms in total. The fourth-order valence-corrected chi connectivity index (χ4v) is 4.79. The fraction of sp³-hybridized carbons (Fsp3) is 0.250. The topological polar surface area (TPSA) is 94.0 Å². The van der Waals surface area contributed by atoms with Gasteiger partial charge in [0.1, 0.15) is 11.0 Å². The number of rotatable bonds is 3. The molecule has 0 amide bonds. The zero-order valence-corrected chi connectivity index (χ0v) is 15.9. The van der Waals surface area contributed by atoms with Gasteiger partial charge in [-0.25, -0.2) is 5.43 Å². The van der Waals surface area contributed by atoms with E-state index in [2.05, 4.69) is 15.1 Å². The zero-order valence-electron chi connectivity index (χ0n) is 15.0. The van der Waals surface area contributed by atoms with Gasteiger partial charge in [-0.3, -0.25) is 5.01 Å². The maximum Gasteiger partial charge on any atom is 0.286 e. The van der Waals surface area contributed by atoms with E-state index >= 15 is 0 Å². The van der Waals surface area contributed by atoms with Crippen LogP contribution in [0.4, 0.5) is 11.4 Å². The van der Waals surface area contributed by atoms with Crippen molar-refractivity contribution in [3.05, 3.63) is 65.9 Å². The number of hydrazine groups is 1. The molecule has 5 rings (SSSR count). The number of nitrogens with zero attached hydrogens (tertiary/aromatic N) is 2. The molecule has 0 radical (unpaired) electrons. The summed E-state index contributed by atoms with van der Waals surface area (Å²) in [5, 5.41) is 15.9. The summed E-state index contributed by atoms with van der Waals surface area (Å²) >= 11 is 0. The Labute approximate surface area is 163 Å². The number of nitrogens with one attached hydrogen (secondary N) is 2. The Morgan fingerprint density at radius 1 is 1.11 bits per heavy atom. The molecule has 28 heavy (non-hydrogen) atoms. The number of benzene rings is 2. The lowest BCUT2D eigenvalue weighted by atomic mass is 9.93. The lowest BCUT2D eigenvalue weighted by Gasteiger charge is -2.38. The van der Waals surface area contributed by atoms with Crippen molar-refractivity contribution in [1.29, 1.82) is 0 Å². The Balaban J connectivity index is 1.58. The molecular weight excluding hydrogens is 376 g/mol. The molecule has 2 heterocycles. The van der Waals surface area contributed by atoms with Gasteiger partial charge in [0.2, 0.25) is 0 Å². The van der Waals surface area contributed by atoms with E-state index < -0.39 is 16.1 Å². The van der Waals surface area contributed by atoms with Gasteiger partial charge >= 0.3 is 0 Å². The van der Waals surface area contributed by atoms with E-state index in [1.54, 1.807) is 24.4 Å². The quantitative estimate of drug-likeness (QED) is 0.739. The molecule has 2 aliphatic heterocycles. The highest BCUT2D eigenvalue weighted by atomic mass is 32.2. The van der Waals surface area contributed by atoms with Crippen LogP contribution in [0, 0.1) is 0 Å². The standard InChI is InChI=1S/C20H20N4O3S/c25-19-14-8-1-3-10-17(14)24(22-13-6-5-7-13)12-15(19)20-21-16-9-2-4-11-18(16)28(26,27)23-20/h1-4,8-13,19,22,25H,5-7H2,(H,21,23). The largest absolute Gasteiger partial charge is 0.383 e. The van der Waals surface area contributed by atoms with Crippen LogP contribution in [0.5, 0.6) is 0 Å². The lowest BCUT2D eigenvalue weighted by molar-refractivity contribution is 0.218. The Hall–Kier alpha value is -2.68. The van der Waals surface area contributed by atoms with Crippen LogP contribution < -0.4 is 15.8 Å². The Kier molecular flexibility index (Phi) is 4.01. The highest BCUT2D eigenvalue weighted by Gasteiger charge is 2.34. The minimum Gasteiger partial charge on any atom is -0.383 e. The first kappa shape index (κ1) is 17.4. The molecule has 1 atom stereocenters. The number of amidine groups is 1. The van der Waals surface area contributed by atoms with Crippen molar-refractivity contribution in [2.45, 2.75) is 36.3 Å². The summed E-state index contributed by atoms with van der Waals surface area (Å²) in [6.07, 6.45) is 4.12. The number of anilines is 2. The summed E-state index contributed by atoms with van der Waals surface area (Å²) in [4.78, 5) is 0.134. The SMILES string of the molecule is O=S1(=O)N=C(C2=CN(NC3CCC3)c3ccccc3C2O)Nc2ccccc21. The first-order valence-corrected chi connectivity index (χ1v) is 10.7. The van der Waals surface area contributed by atoms with Gasteiger partial charge in [0.25, 0.3) is 10.0 Å². The molecule has 2 aromatic carbocycles.